The van der Waals surface area contributed by atoms with Crippen molar-refractivity contribution in [3.63, 3.8) is 0 Å². The molecule has 0 radical (unpaired) electrons. The van der Waals surface area contributed by atoms with Crippen LogP contribution in [0.1, 0.15) is 212 Å². The second-order valence-electron chi connectivity index (χ2n) is 19.7. The van der Waals surface area contributed by atoms with Crippen molar-refractivity contribution >= 4 is 17.7 Å². The molecular formula is C48H81N3O6. The van der Waals surface area contributed by atoms with Crippen LogP contribution in [0.2, 0.25) is 0 Å². The quantitative estimate of drug-likeness (QED) is 0.164. The molecule has 0 aromatic heterocycles. The Labute approximate surface area is 346 Å². The van der Waals surface area contributed by atoms with Crippen LogP contribution in [0.5, 0.6) is 0 Å². The van der Waals surface area contributed by atoms with Gasteiger partial charge in [-0.25, -0.2) is 0 Å². The number of hydrogen-bond acceptors (Lipinski definition) is 6. The van der Waals surface area contributed by atoms with Crippen molar-refractivity contribution in [2.24, 2.45) is 0 Å². The van der Waals surface area contributed by atoms with Crippen LogP contribution in [0.4, 0.5) is 0 Å². The van der Waals surface area contributed by atoms with Crippen LogP contribution in [0.3, 0.4) is 0 Å². The lowest BCUT2D eigenvalue weighted by Gasteiger charge is -2.43. The van der Waals surface area contributed by atoms with E-state index < -0.39 is 0 Å². The van der Waals surface area contributed by atoms with Crippen LogP contribution < -0.4 is 0 Å². The minimum atomic E-state index is -0.219. The lowest BCUT2D eigenvalue weighted by molar-refractivity contribution is -0.158. The van der Waals surface area contributed by atoms with Crippen LogP contribution in [0.15, 0.2) is 0 Å². The Kier molecular flexibility index (Phi) is 17.3. The van der Waals surface area contributed by atoms with Crippen molar-refractivity contribution in [2.45, 2.75) is 266 Å². The minimum absolute atomic E-state index is 0.0866. The van der Waals surface area contributed by atoms with Crippen molar-refractivity contribution in [1.82, 2.24) is 14.7 Å². The highest BCUT2D eigenvalue weighted by atomic mass is 16.5. The molecule has 0 spiro atoms. The molecule has 7 aliphatic carbocycles. The molecular weight excluding hydrogens is 715 g/mol. The van der Waals surface area contributed by atoms with E-state index in [1.54, 1.807) is 0 Å². The zero-order valence-electron chi connectivity index (χ0n) is 35.9. The molecule has 0 aromatic rings. The van der Waals surface area contributed by atoms with Crippen LogP contribution in [0, 0.1) is 0 Å². The molecule has 7 rings (SSSR count). The van der Waals surface area contributed by atoms with Crippen molar-refractivity contribution in [3.8, 4) is 0 Å². The van der Waals surface area contributed by atoms with Gasteiger partial charge in [-0.3, -0.25) is 14.4 Å². The van der Waals surface area contributed by atoms with E-state index in [4.69, 9.17) is 14.2 Å². The third kappa shape index (κ3) is 12.4. The Hall–Kier alpha value is -1.71. The number of nitrogens with zero attached hydrogens (tertiary/aromatic N) is 3. The average molecular weight is 796 g/mol. The van der Waals surface area contributed by atoms with Gasteiger partial charge in [0.25, 0.3) is 0 Å². The molecule has 7 aliphatic rings. The van der Waals surface area contributed by atoms with Gasteiger partial charge in [0, 0.05) is 36.3 Å². The van der Waals surface area contributed by atoms with E-state index in [1.807, 2.05) is 0 Å². The van der Waals surface area contributed by atoms with E-state index in [-0.39, 0.29) is 55.9 Å². The van der Waals surface area contributed by atoms with Gasteiger partial charge in [0.2, 0.25) is 17.7 Å². The number of hydrogen-bond donors (Lipinski definition) is 0. The molecule has 0 aliphatic heterocycles. The van der Waals surface area contributed by atoms with Crippen molar-refractivity contribution in [2.75, 3.05) is 19.8 Å². The summed E-state index contributed by atoms with van der Waals surface area (Å²) >= 11 is 0. The number of rotatable bonds is 15. The molecule has 0 N–H and O–H groups in total. The lowest BCUT2D eigenvalue weighted by Crippen LogP contribution is -2.51. The fourth-order valence-corrected chi connectivity index (χ4v) is 12.6. The van der Waals surface area contributed by atoms with Crippen LogP contribution in [-0.4, -0.2) is 107 Å². The van der Waals surface area contributed by atoms with E-state index >= 15 is 0 Å². The van der Waals surface area contributed by atoms with E-state index in [0.717, 1.165) is 77.0 Å². The van der Waals surface area contributed by atoms with Gasteiger partial charge in [0.1, 0.15) is 19.8 Å². The first-order valence-corrected chi connectivity index (χ1v) is 24.8. The second kappa shape index (κ2) is 22.8. The maximum Gasteiger partial charge on any atom is 0.249 e. The van der Waals surface area contributed by atoms with Gasteiger partial charge in [0.15, 0.2) is 0 Å². The normalized spacial score (nSPS) is 28.5. The van der Waals surface area contributed by atoms with Gasteiger partial charge in [-0.1, -0.05) is 116 Å². The minimum Gasteiger partial charge on any atom is -0.368 e. The molecule has 0 saturated heterocycles. The molecule has 324 valence electrons. The predicted molar refractivity (Wildman–Crippen MR) is 225 cm³/mol. The predicted octanol–water partition coefficient (Wildman–Crippen LogP) is 9.81. The molecule has 0 unspecified atom stereocenters. The molecule has 7 saturated carbocycles. The molecule has 9 heteroatoms. The van der Waals surface area contributed by atoms with E-state index in [9.17, 15) is 14.4 Å². The Morgan fingerprint density at radius 2 is 0.474 bits per heavy atom. The van der Waals surface area contributed by atoms with Gasteiger partial charge < -0.3 is 28.9 Å². The fourth-order valence-electron chi connectivity index (χ4n) is 12.6. The Morgan fingerprint density at radius 3 is 0.649 bits per heavy atom. The molecule has 0 atom stereocenters. The van der Waals surface area contributed by atoms with Crippen LogP contribution >= 0.6 is 0 Å². The number of ether oxygens (including phenoxy) is 3. The highest BCUT2D eigenvalue weighted by molar-refractivity contribution is 5.79. The monoisotopic (exact) mass is 796 g/mol. The maximum absolute atomic E-state index is 14.2. The van der Waals surface area contributed by atoms with Gasteiger partial charge in [-0.2, -0.15) is 0 Å². The van der Waals surface area contributed by atoms with E-state index in [2.05, 4.69) is 14.7 Å². The van der Waals surface area contributed by atoms with E-state index in [0.29, 0.717) is 55.5 Å². The largest absolute Gasteiger partial charge is 0.368 e. The SMILES string of the molecule is O=C(COC1CC(OCC(=O)N(C2CCCCC2)C2CCCCC2)CC(OCC(=O)N(C2CCCCC2)C2CCCCC2)C1)N(C1CCCCC1)C1CCCCC1. The third-order valence-electron chi connectivity index (χ3n) is 15.6. The first kappa shape index (κ1) is 43.4. The first-order valence-electron chi connectivity index (χ1n) is 24.8. The molecule has 0 aromatic carbocycles. The summed E-state index contributed by atoms with van der Waals surface area (Å²) in [6.07, 6.45) is 36.7. The highest BCUT2D eigenvalue weighted by Gasteiger charge is 2.38. The summed E-state index contributed by atoms with van der Waals surface area (Å²) < 4.78 is 19.8. The van der Waals surface area contributed by atoms with Crippen molar-refractivity contribution < 1.29 is 28.6 Å². The van der Waals surface area contributed by atoms with Gasteiger partial charge >= 0.3 is 0 Å². The zero-order chi connectivity index (χ0) is 39.2. The first-order chi connectivity index (χ1) is 28.0. The smallest absolute Gasteiger partial charge is 0.249 e. The number of carbonyl (C=O) groups is 3. The van der Waals surface area contributed by atoms with Crippen LogP contribution in [-0.2, 0) is 28.6 Å². The molecule has 57 heavy (non-hydrogen) atoms. The van der Waals surface area contributed by atoms with Crippen molar-refractivity contribution in [1.29, 1.82) is 0 Å². The van der Waals surface area contributed by atoms with Crippen LogP contribution in [0.25, 0.3) is 0 Å². The molecule has 3 amide bonds. The van der Waals surface area contributed by atoms with E-state index in [1.165, 1.54) is 116 Å². The average Bonchev–Trinajstić information content (AvgIpc) is 3.27. The zero-order valence-corrected chi connectivity index (χ0v) is 35.9. The second-order valence-corrected chi connectivity index (χ2v) is 19.7. The standard InChI is InChI=1S/C48H81N3O6/c52-46(49(37-19-7-1-8-20-37)38-21-9-2-10-22-38)34-55-43-31-44(56-35-47(53)50(39-23-11-3-12-24-39)40-25-13-4-14-26-40)33-45(32-43)57-36-48(54)51(41-27-15-5-16-28-41)42-29-17-6-18-30-42/h37-45H,1-36H2. The summed E-state index contributed by atoms with van der Waals surface area (Å²) in [5, 5.41) is 0. The Balaban J connectivity index is 1.01. The molecule has 0 heterocycles. The summed E-state index contributed by atoms with van der Waals surface area (Å²) in [6.45, 7) is 0.260. The molecule has 0 bridgehead atoms. The number of amides is 3. The van der Waals surface area contributed by atoms with Gasteiger partial charge in [-0.05, 0) is 96.3 Å². The lowest BCUT2D eigenvalue weighted by atomic mass is 9.88. The topological polar surface area (TPSA) is 88.6 Å². The highest BCUT2D eigenvalue weighted by Crippen LogP contribution is 2.35. The third-order valence-corrected chi connectivity index (χ3v) is 15.6. The summed E-state index contributed by atoms with van der Waals surface area (Å²) in [5.41, 5.74) is 0. The fraction of sp³-hybridized carbons (Fsp3) is 0.938. The summed E-state index contributed by atoms with van der Waals surface area (Å²) in [4.78, 5) is 49.3. The summed E-state index contributed by atoms with van der Waals surface area (Å²) in [5.74, 6) is 0.433. The number of carbonyl (C=O) groups excluding carboxylic acids is 3. The summed E-state index contributed by atoms with van der Waals surface area (Å²) in [7, 11) is 0. The Morgan fingerprint density at radius 1 is 0.298 bits per heavy atom. The maximum atomic E-state index is 14.2. The molecule has 9 nitrogen and oxygen atoms in total. The van der Waals surface area contributed by atoms with Crippen molar-refractivity contribution in [3.05, 3.63) is 0 Å². The van der Waals surface area contributed by atoms with Gasteiger partial charge in [-0.15, -0.1) is 0 Å². The summed E-state index contributed by atoms with van der Waals surface area (Å²) in [6, 6.07) is 2.01. The Bertz CT molecular complexity index is 1010. The van der Waals surface area contributed by atoms with Gasteiger partial charge in [0.05, 0.1) is 18.3 Å². The molecule has 7 fully saturated rings.